The van der Waals surface area contributed by atoms with Crippen LogP contribution in [0.5, 0.6) is 5.75 Å². The van der Waals surface area contributed by atoms with Crippen molar-refractivity contribution < 1.29 is 9.90 Å². The van der Waals surface area contributed by atoms with Crippen LogP contribution in [0, 0.1) is 13.8 Å². The van der Waals surface area contributed by atoms with Crippen molar-refractivity contribution in [3.63, 3.8) is 0 Å². The zero-order valence-electron chi connectivity index (χ0n) is 11.8. The van der Waals surface area contributed by atoms with Crippen molar-refractivity contribution >= 4 is 17.2 Å². The van der Waals surface area contributed by atoms with Gasteiger partial charge in [0.05, 0.1) is 5.69 Å². The van der Waals surface area contributed by atoms with Gasteiger partial charge >= 0.3 is 0 Å². The lowest BCUT2D eigenvalue weighted by atomic mass is 10.2. The van der Waals surface area contributed by atoms with Crippen molar-refractivity contribution in [1.29, 1.82) is 0 Å². The van der Waals surface area contributed by atoms with Crippen LogP contribution in [0.2, 0.25) is 0 Å². The first kappa shape index (κ1) is 13.2. The van der Waals surface area contributed by atoms with E-state index in [1.54, 1.807) is 29.5 Å². The summed E-state index contributed by atoms with van der Waals surface area (Å²) in [4.78, 5) is 16.9. The van der Waals surface area contributed by atoms with Gasteiger partial charge in [0.2, 0.25) is 0 Å². The summed E-state index contributed by atoms with van der Waals surface area (Å²) in [5.41, 5.74) is 3.49. The van der Waals surface area contributed by atoms with Crippen LogP contribution in [0.4, 0.5) is 5.69 Å². The summed E-state index contributed by atoms with van der Waals surface area (Å²) in [7, 11) is 0. The second kappa shape index (κ2) is 4.94. The Kier molecular flexibility index (Phi) is 3.10. The third-order valence-corrected chi connectivity index (χ3v) is 3.26. The van der Waals surface area contributed by atoms with E-state index in [1.807, 2.05) is 25.3 Å². The van der Waals surface area contributed by atoms with Gasteiger partial charge in [0.15, 0.2) is 0 Å². The number of aryl methyl sites for hydroxylation is 2. The lowest BCUT2D eigenvalue weighted by Gasteiger charge is -2.07. The molecule has 2 N–H and O–H groups in total. The number of amides is 1. The monoisotopic (exact) mass is 281 g/mol. The predicted octanol–water partition coefficient (Wildman–Crippen LogP) is 2.91. The lowest BCUT2D eigenvalue weighted by molar-refractivity contribution is 0.102. The Balaban J connectivity index is 2.01. The number of nitrogens with one attached hydrogen (secondary N) is 1. The number of hydrogen-bond donors (Lipinski definition) is 2. The fourth-order valence-electron chi connectivity index (χ4n) is 2.32. The van der Waals surface area contributed by atoms with Crippen LogP contribution >= 0.6 is 0 Å². The summed E-state index contributed by atoms with van der Waals surface area (Å²) < 4.78 is 1.78. The second-order valence-corrected chi connectivity index (χ2v) is 4.98. The highest BCUT2D eigenvalue weighted by molar-refractivity contribution is 6.04. The van der Waals surface area contributed by atoms with Crippen LogP contribution < -0.4 is 5.32 Å². The van der Waals surface area contributed by atoms with E-state index in [0.29, 0.717) is 17.1 Å². The zero-order valence-corrected chi connectivity index (χ0v) is 11.8. The van der Waals surface area contributed by atoms with Crippen molar-refractivity contribution in [2.75, 3.05) is 5.32 Å². The van der Waals surface area contributed by atoms with Crippen LogP contribution in [-0.4, -0.2) is 20.4 Å². The molecule has 0 unspecified atom stereocenters. The molecule has 0 radical (unpaired) electrons. The molecular formula is C16H15N3O2. The normalized spacial score (nSPS) is 10.8. The van der Waals surface area contributed by atoms with E-state index < -0.39 is 0 Å². The van der Waals surface area contributed by atoms with Crippen LogP contribution in [0.25, 0.3) is 5.65 Å². The van der Waals surface area contributed by atoms with E-state index in [-0.39, 0.29) is 11.7 Å². The summed E-state index contributed by atoms with van der Waals surface area (Å²) in [6.07, 6.45) is 1.88. The first-order valence-corrected chi connectivity index (χ1v) is 6.60. The highest BCUT2D eigenvalue weighted by Gasteiger charge is 2.16. The molecule has 0 fully saturated rings. The molecule has 106 valence electrons. The maximum atomic E-state index is 12.5. The number of aromatic hydroxyl groups is 1. The van der Waals surface area contributed by atoms with E-state index in [0.717, 1.165) is 11.2 Å². The van der Waals surface area contributed by atoms with Crippen molar-refractivity contribution in [1.82, 2.24) is 9.38 Å². The first-order chi connectivity index (χ1) is 10.0. The predicted molar refractivity (Wildman–Crippen MR) is 80.7 cm³/mol. The largest absolute Gasteiger partial charge is 0.508 e. The molecule has 2 heterocycles. The third-order valence-electron chi connectivity index (χ3n) is 3.26. The number of anilines is 1. The molecule has 5 heteroatoms. The Labute approximate surface area is 121 Å². The van der Waals surface area contributed by atoms with Crippen LogP contribution in [0.15, 0.2) is 42.6 Å². The molecule has 3 rings (SSSR count). The summed E-state index contributed by atoms with van der Waals surface area (Å²) in [5.74, 6) is -0.144. The topological polar surface area (TPSA) is 66.6 Å². The fraction of sp³-hybridized carbons (Fsp3) is 0.125. The standard InChI is InChI=1S/C16H15N3O2/c1-10-6-7-14-17-11(2)15(19(14)9-10)16(21)18-12-4-3-5-13(20)8-12/h3-9,20H,1-2H3,(H,18,21). The van der Waals surface area contributed by atoms with E-state index in [9.17, 15) is 9.90 Å². The molecule has 0 bridgehead atoms. The Bertz CT molecular complexity index is 837. The quantitative estimate of drug-likeness (QED) is 0.759. The number of phenols is 1. The zero-order chi connectivity index (χ0) is 15.0. The van der Waals surface area contributed by atoms with Gasteiger partial charge in [-0.2, -0.15) is 0 Å². The number of fused-ring (bicyclic) bond motifs is 1. The Morgan fingerprint density at radius 3 is 2.81 bits per heavy atom. The van der Waals surface area contributed by atoms with Gasteiger partial charge in [0.1, 0.15) is 17.1 Å². The molecule has 0 atom stereocenters. The van der Waals surface area contributed by atoms with E-state index in [1.165, 1.54) is 6.07 Å². The van der Waals surface area contributed by atoms with Gasteiger partial charge in [-0.15, -0.1) is 0 Å². The molecule has 1 amide bonds. The number of carbonyl (C=O) groups is 1. The maximum absolute atomic E-state index is 12.5. The molecule has 0 aliphatic heterocycles. The third kappa shape index (κ3) is 2.45. The minimum Gasteiger partial charge on any atom is -0.508 e. The van der Waals surface area contributed by atoms with Crippen molar-refractivity contribution in [3.8, 4) is 5.75 Å². The molecule has 2 aromatic heterocycles. The summed E-state index contributed by atoms with van der Waals surface area (Å²) >= 11 is 0. The number of phenolic OH excluding ortho intramolecular Hbond substituents is 1. The minimum atomic E-state index is -0.254. The molecule has 0 aliphatic carbocycles. The smallest absolute Gasteiger partial charge is 0.274 e. The summed E-state index contributed by atoms with van der Waals surface area (Å²) in [5, 5.41) is 12.2. The minimum absolute atomic E-state index is 0.110. The number of carbonyl (C=O) groups excluding carboxylic acids is 1. The average molecular weight is 281 g/mol. The maximum Gasteiger partial charge on any atom is 0.274 e. The Hall–Kier alpha value is -2.82. The fourth-order valence-corrected chi connectivity index (χ4v) is 2.32. The highest BCUT2D eigenvalue weighted by Crippen LogP contribution is 2.18. The lowest BCUT2D eigenvalue weighted by Crippen LogP contribution is -2.15. The Morgan fingerprint density at radius 1 is 1.24 bits per heavy atom. The highest BCUT2D eigenvalue weighted by atomic mass is 16.3. The first-order valence-electron chi connectivity index (χ1n) is 6.60. The van der Waals surface area contributed by atoms with Gasteiger partial charge in [0, 0.05) is 18.0 Å². The molecule has 0 spiro atoms. The van der Waals surface area contributed by atoms with Gasteiger partial charge in [-0.25, -0.2) is 4.98 Å². The molecule has 5 nitrogen and oxygen atoms in total. The number of aromatic nitrogens is 2. The molecule has 21 heavy (non-hydrogen) atoms. The van der Waals surface area contributed by atoms with Crippen LogP contribution in [0.1, 0.15) is 21.7 Å². The van der Waals surface area contributed by atoms with E-state index in [4.69, 9.17) is 0 Å². The van der Waals surface area contributed by atoms with Gasteiger partial charge in [-0.3, -0.25) is 9.20 Å². The van der Waals surface area contributed by atoms with Crippen molar-refractivity contribution in [2.45, 2.75) is 13.8 Å². The molecule has 0 saturated heterocycles. The van der Waals surface area contributed by atoms with Gasteiger partial charge < -0.3 is 10.4 Å². The molecule has 0 saturated carbocycles. The number of imidazole rings is 1. The van der Waals surface area contributed by atoms with Gasteiger partial charge in [0.25, 0.3) is 5.91 Å². The van der Waals surface area contributed by atoms with Gasteiger partial charge in [-0.1, -0.05) is 12.1 Å². The number of nitrogens with zero attached hydrogens (tertiary/aromatic N) is 2. The van der Waals surface area contributed by atoms with Crippen molar-refractivity contribution in [2.24, 2.45) is 0 Å². The van der Waals surface area contributed by atoms with Crippen LogP contribution in [0.3, 0.4) is 0 Å². The number of pyridine rings is 1. The second-order valence-electron chi connectivity index (χ2n) is 4.98. The molecule has 1 aromatic carbocycles. The van der Waals surface area contributed by atoms with Gasteiger partial charge in [-0.05, 0) is 37.6 Å². The average Bonchev–Trinajstić information content (AvgIpc) is 2.74. The van der Waals surface area contributed by atoms with Crippen LogP contribution in [-0.2, 0) is 0 Å². The number of benzene rings is 1. The van der Waals surface area contributed by atoms with E-state index >= 15 is 0 Å². The van der Waals surface area contributed by atoms with E-state index in [2.05, 4.69) is 10.3 Å². The molecule has 0 aliphatic rings. The molecule has 3 aromatic rings. The number of hydrogen-bond acceptors (Lipinski definition) is 3. The summed E-state index contributed by atoms with van der Waals surface area (Å²) in [6.45, 7) is 3.77. The summed E-state index contributed by atoms with van der Waals surface area (Å²) in [6, 6.07) is 10.3. The Morgan fingerprint density at radius 2 is 2.05 bits per heavy atom. The SMILES string of the molecule is Cc1ccc2nc(C)c(C(=O)Nc3cccc(O)c3)n2c1. The number of rotatable bonds is 2. The molecular weight excluding hydrogens is 266 g/mol. The van der Waals surface area contributed by atoms with Crippen molar-refractivity contribution in [3.05, 3.63) is 59.5 Å².